The maximum absolute atomic E-state index is 11.5. The molecule has 2 aromatic carbocycles. The van der Waals surface area contributed by atoms with Gasteiger partial charge < -0.3 is 14.8 Å². The SMILES string of the molecule is COc1ccc2ccccc2c1-c1nc(O)cc(=O)[nH]1. The van der Waals surface area contributed by atoms with Crippen molar-refractivity contribution in [3.8, 4) is 23.0 Å². The summed E-state index contributed by atoms with van der Waals surface area (Å²) in [5, 5.41) is 11.4. The van der Waals surface area contributed by atoms with Crippen LogP contribution in [0.1, 0.15) is 0 Å². The van der Waals surface area contributed by atoms with E-state index in [2.05, 4.69) is 9.97 Å². The van der Waals surface area contributed by atoms with Crippen LogP contribution in [0, 0.1) is 0 Å². The standard InChI is InChI=1S/C15H12N2O3/c1-20-11-7-6-9-4-2-3-5-10(9)14(11)15-16-12(18)8-13(19)17-15/h2-8H,1H3,(H2,16,17,18,19). The topological polar surface area (TPSA) is 75.2 Å². The lowest BCUT2D eigenvalue weighted by atomic mass is 10.0. The molecule has 0 radical (unpaired) electrons. The Labute approximate surface area is 114 Å². The van der Waals surface area contributed by atoms with Gasteiger partial charge in [-0.1, -0.05) is 30.3 Å². The second-order valence-electron chi connectivity index (χ2n) is 4.32. The van der Waals surface area contributed by atoms with E-state index in [1.54, 1.807) is 7.11 Å². The third-order valence-electron chi connectivity index (χ3n) is 3.08. The molecule has 0 aliphatic rings. The van der Waals surface area contributed by atoms with Gasteiger partial charge in [-0.3, -0.25) is 4.79 Å². The van der Waals surface area contributed by atoms with Gasteiger partial charge in [0.25, 0.3) is 5.56 Å². The summed E-state index contributed by atoms with van der Waals surface area (Å²) in [6.45, 7) is 0. The summed E-state index contributed by atoms with van der Waals surface area (Å²) in [6.07, 6.45) is 0. The molecule has 0 spiro atoms. The first-order valence-electron chi connectivity index (χ1n) is 6.05. The van der Waals surface area contributed by atoms with E-state index >= 15 is 0 Å². The van der Waals surface area contributed by atoms with Gasteiger partial charge in [-0.2, -0.15) is 4.98 Å². The molecular weight excluding hydrogens is 256 g/mol. The number of aromatic nitrogens is 2. The lowest BCUT2D eigenvalue weighted by Gasteiger charge is -2.11. The van der Waals surface area contributed by atoms with E-state index in [1.807, 2.05) is 36.4 Å². The summed E-state index contributed by atoms with van der Waals surface area (Å²) in [7, 11) is 1.55. The number of ether oxygens (including phenoxy) is 1. The summed E-state index contributed by atoms with van der Waals surface area (Å²) in [6, 6.07) is 12.5. The predicted molar refractivity (Wildman–Crippen MR) is 76.0 cm³/mol. The Morgan fingerprint density at radius 3 is 2.75 bits per heavy atom. The molecular formula is C15H12N2O3. The van der Waals surface area contributed by atoms with Crippen LogP contribution in [0.5, 0.6) is 11.6 Å². The third kappa shape index (κ3) is 1.99. The van der Waals surface area contributed by atoms with Gasteiger partial charge >= 0.3 is 0 Å². The molecule has 2 N–H and O–H groups in total. The quantitative estimate of drug-likeness (QED) is 0.747. The number of hydrogen-bond donors (Lipinski definition) is 2. The van der Waals surface area contributed by atoms with Gasteiger partial charge in [-0.05, 0) is 16.8 Å². The van der Waals surface area contributed by atoms with E-state index in [0.717, 1.165) is 16.8 Å². The fourth-order valence-corrected chi connectivity index (χ4v) is 2.23. The number of rotatable bonds is 2. The highest BCUT2D eigenvalue weighted by molar-refractivity contribution is 5.98. The van der Waals surface area contributed by atoms with Crippen molar-refractivity contribution in [1.29, 1.82) is 0 Å². The van der Waals surface area contributed by atoms with Crippen molar-refractivity contribution in [1.82, 2.24) is 9.97 Å². The van der Waals surface area contributed by atoms with Crippen molar-refractivity contribution in [2.45, 2.75) is 0 Å². The summed E-state index contributed by atoms with van der Waals surface area (Å²) in [5.74, 6) is 0.542. The molecule has 0 saturated heterocycles. The molecule has 0 amide bonds. The number of fused-ring (bicyclic) bond motifs is 1. The number of methoxy groups -OCH3 is 1. The van der Waals surface area contributed by atoms with Gasteiger partial charge in [0, 0.05) is 0 Å². The van der Waals surface area contributed by atoms with E-state index in [0.29, 0.717) is 11.3 Å². The second kappa shape index (κ2) is 4.70. The van der Waals surface area contributed by atoms with Crippen LogP contribution in [0.3, 0.4) is 0 Å². The Morgan fingerprint density at radius 2 is 2.00 bits per heavy atom. The van der Waals surface area contributed by atoms with Gasteiger partial charge in [-0.25, -0.2) is 0 Å². The fourth-order valence-electron chi connectivity index (χ4n) is 2.23. The lowest BCUT2D eigenvalue weighted by Crippen LogP contribution is -2.07. The Bertz CT molecular complexity index is 840. The molecule has 0 aliphatic carbocycles. The molecule has 1 heterocycles. The maximum atomic E-state index is 11.5. The number of hydrogen-bond acceptors (Lipinski definition) is 4. The van der Waals surface area contributed by atoms with Crippen molar-refractivity contribution < 1.29 is 9.84 Å². The summed E-state index contributed by atoms with van der Waals surface area (Å²) >= 11 is 0. The van der Waals surface area contributed by atoms with Crippen molar-refractivity contribution in [3.05, 3.63) is 52.8 Å². The highest BCUT2D eigenvalue weighted by Crippen LogP contribution is 2.35. The molecule has 0 saturated carbocycles. The third-order valence-corrected chi connectivity index (χ3v) is 3.08. The number of nitrogens with zero attached hydrogens (tertiary/aromatic N) is 1. The molecule has 0 aliphatic heterocycles. The van der Waals surface area contributed by atoms with Crippen LogP contribution < -0.4 is 10.3 Å². The Kier molecular flexibility index (Phi) is 2.87. The summed E-state index contributed by atoms with van der Waals surface area (Å²) in [5.41, 5.74) is 0.237. The van der Waals surface area contributed by atoms with E-state index in [1.165, 1.54) is 0 Å². The number of nitrogens with one attached hydrogen (secondary N) is 1. The first-order valence-corrected chi connectivity index (χ1v) is 6.05. The van der Waals surface area contributed by atoms with Crippen molar-refractivity contribution in [2.24, 2.45) is 0 Å². The van der Waals surface area contributed by atoms with Crippen LogP contribution >= 0.6 is 0 Å². The highest BCUT2D eigenvalue weighted by atomic mass is 16.5. The molecule has 5 nitrogen and oxygen atoms in total. The van der Waals surface area contributed by atoms with E-state index in [4.69, 9.17) is 4.74 Å². The minimum atomic E-state index is -0.414. The minimum Gasteiger partial charge on any atom is -0.496 e. The number of H-pyrrole nitrogens is 1. The van der Waals surface area contributed by atoms with Crippen LogP contribution in [0.15, 0.2) is 47.3 Å². The van der Waals surface area contributed by atoms with Crippen LogP contribution in [-0.2, 0) is 0 Å². The lowest BCUT2D eigenvalue weighted by molar-refractivity contribution is 0.416. The minimum absolute atomic E-state index is 0.281. The Morgan fingerprint density at radius 1 is 1.20 bits per heavy atom. The van der Waals surface area contributed by atoms with Gasteiger partial charge in [0.1, 0.15) is 11.6 Å². The smallest absolute Gasteiger partial charge is 0.254 e. The van der Waals surface area contributed by atoms with E-state index in [-0.39, 0.29) is 11.7 Å². The van der Waals surface area contributed by atoms with Gasteiger partial charge in [0.15, 0.2) is 0 Å². The zero-order chi connectivity index (χ0) is 14.1. The van der Waals surface area contributed by atoms with Crippen LogP contribution in [-0.4, -0.2) is 22.2 Å². The van der Waals surface area contributed by atoms with Crippen LogP contribution in [0.25, 0.3) is 22.2 Å². The molecule has 1 aromatic heterocycles. The van der Waals surface area contributed by atoms with Crippen LogP contribution in [0.4, 0.5) is 0 Å². The monoisotopic (exact) mass is 268 g/mol. The summed E-state index contributed by atoms with van der Waals surface area (Å²) in [4.78, 5) is 18.1. The average Bonchev–Trinajstić information content (AvgIpc) is 2.45. The zero-order valence-electron chi connectivity index (χ0n) is 10.8. The van der Waals surface area contributed by atoms with E-state index in [9.17, 15) is 9.90 Å². The van der Waals surface area contributed by atoms with Gasteiger partial charge in [0.05, 0.1) is 18.7 Å². The molecule has 0 fully saturated rings. The Hall–Kier alpha value is -2.82. The molecule has 3 aromatic rings. The predicted octanol–water partition coefficient (Wildman–Crippen LogP) is 2.30. The first-order chi connectivity index (χ1) is 9.69. The molecule has 100 valence electrons. The van der Waals surface area contributed by atoms with Gasteiger partial charge in [0.2, 0.25) is 5.88 Å². The van der Waals surface area contributed by atoms with Crippen molar-refractivity contribution in [3.63, 3.8) is 0 Å². The molecule has 0 unspecified atom stereocenters. The second-order valence-corrected chi connectivity index (χ2v) is 4.32. The fraction of sp³-hybridized carbons (Fsp3) is 0.0667. The number of aromatic hydroxyl groups is 1. The molecule has 0 atom stereocenters. The highest BCUT2D eigenvalue weighted by Gasteiger charge is 2.13. The van der Waals surface area contributed by atoms with E-state index < -0.39 is 5.56 Å². The molecule has 5 heteroatoms. The number of benzene rings is 2. The normalized spacial score (nSPS) is 10.7. The van der Waals surface area contributed by atoms with Crippen LogP contribution in [0.2, 0.25) is 0 Å². The number of aromatic amines is 1. The average molecular weight is 268 g/mol. The molecule has 20 heavy (non-hydrogen) atoms. The first kappa shape index (κ1) is 12.2. The van der Waals surface area contributed by atoms with Gasteiger partial charge in [-0.15, -0.1) is 0 Å². The van der Waals surface area contributed by atoms with Crippen molar-refractivity contribution >= 4 is 10.8 Å². The maximum Gasteiger partial charge on any atom is 0.254 e. The summed E-state index contributed by atoms with van der Waals surface area (Å²) < 4.78 is 5.34. The molecule has 3 rings (SSSR count). The molecule has 0 bridgehead atoms. The Balaban J connectivity index is 2.41. The zero-order valence-corrected chi connectivity index (χ0v) is 10.8. The largest absolute Gasteiger partial charge is 0.496 e. The van der Waals surface area contributed by atoms with Crippen molar-refractivity contribution in [2.75, 3.05) is 7.11 Å².